The number of nitrogens with zero attached hydrogens (tertiary/aromatic N) is 4. The van der Waals surface area contributed by atoms with Gasteiger partial charge in [-0.2, -0.15) is 5.10 Å². The highest BCUT2D eigenvalue weighted by atomic mass is 16.3. The fourth-order valence-electron chi connectivity index (χ4n) is 2.61. The number of pyridine rings is 1. The molecule has 0 aliphatic rings. The summed E-state index contributed by atoms with van der Waals surface area (Å²) in [6, 6.07) is 1.72. The Balaban J connectivity index is 2.12. The van der Waals surface area contributed by atoms with Crippen LogP contribution >= 0.6 is 0 Å². The van der Waals surface area contributed by atoms with Crippen LogP contribution in [-0.2, 0) is 17.8 Å². The lowest BCUT2D eigenvalue weighted by molar-refractivity contribution is -0.117. The molecule has 5 N–H and O–H groups in total. The maximum Gasteiger partial charge on any atom is 0.273 e. The van der Waals surface area contributed by atoms with Crippen LogP contribution in [0.3, 0.4) is 0 Å². The minimum atomic E-state index is -0.612. The van der Waals surface area contributed by atoms with Crippen LogP contribution in [0.2, 0.25) is 0 Å². The van der Waals surface area contributed by atoms with E-state index in [1.807, 2.05) is 6.92 Å². The topological polar surface area (TPSA) is 156 Å². The van der Waals surface area contributed by atoms with E-state index < -0.39 is 12.0 Å². The first-order chi connectivity index (χ1) is 11.9. The lowest BCUT2D eigenvalue weighted by Gasteiger charge is -2.10. The van der Waals surface area contributed by atoms with E-state index in [-0.39, 0.29) is 24.3 Å². The number of carbonyl (C=O) groups excluding carboxylic acids is 1. The lowest BCUT2D eigenvalue weighted by Crippen LogP contribution is -2.18. The number of aromatic nitrogens is 6. The highest BCUT2D eigenvalue weighted by Gasteiger charge is 2.18. The molecular weight excluding hydrogens is 326 g/mol. The van der Waals surface area contributed by atoms with Gasteiger partial charge in [0.25, 0.3) is 5.56 Å². The number of fused-ring (bicyclic) bond motifs is 1. The fourth-order valence-corrected chi connectivity index (χ4v) is 2.61. The number of nitrogens with two attached hydrogens (primary N) is 1. The molecule has 25 heavy (non-hydrogen) atoms. The number of aliphatic hydroxyl groups is 1. The highest BCUT2D eigenvalue weighted by Crippen LogP contribution is 2.21. The van der Waals surface area contributed by atoms with Crippen molar-refractivity contribution in [2.45, 2.75) is 39.3 Å². The second kappa shape index (κ2) is 6.48. The molecule has 3 aromatic rings. The van der Waals surface area contributed by atoms with Crippen LogP contribution in [0.15, 0.2) is 10.9 Å². The van der Waals surface area contributed by atoms with Gasteiger partial charge in [-0.05, 0) is 25.0 Å². The number of H-pyrrole nitrogens is 2. The summed E-state index contributed by atoms with van der Waals surface area (Å²) in [7, 11) is 0. The van der Waals surface area contributed by atoms with E-state index in [9.17, 15) is 14.7 Å². The first-order valence-electron chi connectivity index (χ1n) is 7.87. The zero-order valence-electron chi connectivity index (χ0n) is 13.9. The van der Waals surface area contributed by atoms with Crippen molar-refractivity contribution in [1.29, 1.82) is 0 Å². The number of amides is 1. The van der Waals surface area contributed by atoms with E-state index >= 15 is 0 Å². The molecule has 3 heterocycles. The van der Waals surface area contributed by atoms with Gasteiger partial charge in [0.05, 0.1) is 24.5 Å². The number of hydrogen-bond donors (Lipinski definition) is 4. The Morgan fingerprint density at radius 1 is 1.40 bits per heavy atom. The molecular formula is C15H19N7O3. The molecule has 0 saturated carbocycles. The van der Waals surface area contributed by atoms with Crippen LogP contribution < -0.4 is 11.3 Å². The first-order valence-corrected chi connectivity index (χ1v) is 7.87. The molecule has 0 saturated heterocycles. The van der Waals surface area contributed by atoms with E-state index in [4.69, 9.17) is 5.73 Å². The third kappa shape index (κ3) is 3.29. The third-order valence-electron chi connectivity index (χ3n) is 3.87. The van der Waals surface area contributed by atoms with E-state index in [1.165, 1.54) is 4.68 Å². The largest absolute Gasteiger partial charge is 0.391 e. The molecule has 0 aliphatic carbocycles. The van der Waals surface area contributed by atoms with Crippen LogP contribution in [0.4, 0.5) is 0 Å². The quantitative estimate of drug-likeness (QED) is 0.477. The summed E-state index contributed by atoms with van der Waals surface area (Å²) in [5, 5.41) is 19.9. The van der Waals surface area contributed by atoms with E-state index in [2.05, 4.69) is 25.3 Å². The third-order valence-corrected chi connectivity index (χ3v) is 3.87. The molecule has 0 unspecified atom stereocenters. The molecule has 10 heteroatoms. The second-order valence-corrected chi connectivity index (χ2v) is 5.87. The summed E-state index contributed by atoms with van der Waals surface area (Å²) < 4.78 is 1.50. The van der Waals surface area contributed by atoms with Crippen molar-refractivity contribution in [2.75, 3.05) is 0 Å². The Morgan fingerprint density at radius 3 is 2.84 bits per heavy atom. The van der Waals surface area contributed by atoms with Gasteiger partial charge in [-0.1, -0.05) is 6.92 Å². The molecule has 0 fully saturated rings. The predicted molar refractivity (Wildman–Crippen MR) is 89.7 cm³/mol. The monoisotopic (exact) mass is 345 g/mol. The van der Waals surface area contributed by atoms with Crippen molar-refractivity contribution >= 4 is 16.9 Å². The molecule has 132 valence electrons. The van der Waals surface area contributed by atoms with Gasteiger partial charge in [-0.15, -0.1) is 0 Å². The number of primary amides is 1. The van der Waals surface area contributed by atoms with Crippen molar-refractivity contribution in [3.63, 3.8) is 0 Å². The maximum atomic E-state index is 11.8. The van der Waals surface area contributed by atoms with Gasteiger partial charge in [0.1, 0.15) is 5.69 Å². The molecule has 0 aliphatic heterocycles. The molecule has 1 amide bonds. The number of aromatic amines is 2. The number of carbonyl (C=O) groups is 1. The molecule has 0 bridgehead atoms. The summed E-state index contributed by atoms with van der Waals surface area (Å²) >= 11 is 0. The van der Waals surface area contributed by atoms with Crippen LogP contribution in [0, 0.1) is 6.92 Å². The molecule has 0 aromatic carbocycles. The number of hydrogen-bond acceptors (Lipinski definition) is 6. The number of rotatable bonds is 6. The van der Waals surface area contributed by atoms with Crippen molar-refractivity contribution in [2.24, 2.45) is 5.73 Å². The van der Waals surface area contributed by atoms with E-state index in [0.29, 0.717) is 29.0 Å². The Morgan fingerprint density at radius 2 is 2.16 bits per heavy atom. The van der Waals surface area contributed by atoms with Gasteiger partial charge < -0.3 is 10.8 Å². The lowest BCUT2D eigenvalue weighted by atomic mass is 10.1. The van der Waals surface area contributed by atoms with Crippen molar-refractivity contribution in [3.05, 3.63) is 27.8 Å². The van der Waals surface area contributed by atoms with Crippen molar-refractivity contribution in [1.82, 2.24) is 29.9 Å². The average molecular weight is 345 g/mol. The van der Waals surface area contributed by atoms with Crippen molar-refractivity contribution < 1.29 is 9.90 Å². The van der Waals surface area contributed by atoms with Crippen molar-refractivity contribution in [3.8, 4) is 11.5 Å². The van der Waals surface area contributed by atoms with Crippen LogP contribution in [-0.4, -0.2) is 47.1 Å². The van der Waals surface area contributed by atoms with Crippen LogP contribution in [0.1, 0.15) is 24.7 Å². The first kappa shape index (κ1) is 16.8. The molecule has 10 nitrogen and oxygen atoms in total. The minimum absolute atomic E-state index is 0.107. The van der Waals surface area contributed by atoms with Gasteiger partial charge in [0, 0.05) is 0 Å². The summed E-state index contributed by atoms with van der Waals surface area (Å²) in [6.07, 6.45) is -0.176. The summed E-state index contributed by atoms with van der Waals surface area (Å²) in [5.41, 5.74) is 6.58. The molecule has 3 aromatic heterocycles. The maximum absolute atomic E-state index is 11.8. The Hall–Kier alpha value is -3.01. The Kier molecular flexibility index (Phi) is 4.36. The number of nitrogens with one attached hydrogen (secondary N) is 2. The fraction of sp³-hybridized carbons (Fsp3) is 0.400. The summed E-state index contributed by atoms with van der Waals surface area (Å²) in [5.74, 6) is 0.109. The predicted octanol–water partition coefficient (Wildman–Crippen LogP) is -0.383. The molecule has 0 radical (unpaired) electrons. The zero-order chi connectivity index (χ0) is 18.1. The number of aryl methyl sites for hydroxylation is 1. The Bertz CT molecular complexity index is 985. The highest BCUT2D eigenvalue weighted by molar-refractivity contribution is 5.80. The van der Waals surface area contributed by atoms with Gasteiger partial charge in [0.2, 0.25) is 5.91 Å². The van der Waals surface area contributed by atoms with Crippen LogP contribution in [0.25, 0.3) is 22.6 Å². The zero-order valence-corrected chi connectivity index (χ0v) is 13.9. The van der Waals surface area contributed by atoms with Gasteiger partial charge >= 0.3 is 0 Å². The molecule has 3 rings (SSSR count). The minimum Gasteiger partial charge on any atom is -0.391 e. The summed E-state index contributed by atoms with van der Waals surface area (Å²) in [4.78, 5) is 31.7. The smallest absolute Gasteiger partial charge is 0.273 e. The molecule has 0 spiro atoms. The SMILES string of the molecule is CC[C@H](O)Cn1nc(CC(N)=O)nc1-c1cc(C)c2c(=O)[nH][nH]c2n1. The Labute approximate surface area is 142 Å². The molecule has 1 atom stereocenters. The summed E-state index contributed by atoms with van der Waals surface area (Å²) in [6.45, 7) is 3.85. The normalized spacial score (nSPS) is 12.6. The van der Waals surface area contributed by atoms with Crippen LogP contribution in [0.5, 0.6) is 0 Å². The van der Waals surface area contributed by atoms with Gasteiger partial charge in [-0.3, -0.25) is 19.8 Å². The van der Waals surface area contributed by atoms with Gasteiger partial charge in [-0.25, -0.2) is 14.6 Å². The number of aliphatic hydroxyl groups excluding tert-OH is 1. The average Bonchev–Trinajstić information content (AvgIpc) is 3.10. The van der Waals surface area contributed by atoms with Gasteiger partial charge in [0.15, 0.2) is 17.3 Å². The van der Waals surface area contributed by atoms with E-state index in [0.717, 1.165) is 5.56 Å². The second-order valence-electron chi connectivity index (χ2n) is 5.87. The standard InChI is InChI=1S/C15H19N7O3/c1-3-8(23)6-22-14(18-11(21-22)5-10(16)24)9-4-7(2)12-13(17-9)19-20-15(12)25/h4,8,23H,3,5-6H2,1-2H3,(H2,16,24)(H2,17,19,20,25)/t8-/m0/s1. The van der Waals surface area contributed by atoms with E-state index in [1.54, 1.807) is 13.0 Å².